The second-order valence-electron chi connectivity index (χ2n) is 6.41. The Morgan fingerprint density at radius 3 is 1.96 bits per heavy atom. The molecule has 0 amide bonds. The van der Waals surface area contributed by atoms with Crippen LogP contribution in [0.2, 0.25) is 0 Å². The first-order valence-corrected chi connectivity index (χ1v) is 8.03. The normalized spacial score (nSPS) is 11.2. The van der Waals surface area contributed by atoms with Gasteiger partial charge in [-0.1, -0.05) is 52.8 Å². The second-order valence-corrected chi connectivity index (χ2v) is 6.41. The summed E-state index contributed by atoms with van der Waals surface area (Å²) in [6.45, 7) is 12.3. The van der Waals surface area contributed by atoms with Gasteiger partial charge in [-0.05, 0) is 36.1 Å². The molecule has 1 heterocycles. The summed E-state index contributed by atoms with van der Waals surface area (Å²) < 4.78 is 0. The molecule has 0 spiro atoms. The van der Waals surface area contributed by atoms with E-state index in [1.54, 1.807) is 0 Å². The number of rotatable bonds is 1. The quantitative estimate of drug-likeness (QED) is 0.705. The van der Waals surface area contributed by atoms with E-state index in [9.17, 15) is 5.11 Å². The number of aryl methyl sites for hydroxylation is 1. The lowest BCUT2D eigenvalue weighted by Gasteiger charge is -2.22. The van der Waals surface area contributed by atoms with E-state index in [1.807, 2.05) is 57.2 Å². The minimum absolute atomic E-state index is 0.141. The van der Waals surface area contributed by atoms with Gasteiger partial charge < -0.3 is 5.11 Å². The molecule has 1 aromatic heterocycles. The van der Waals surface area contributed by atoms with Crippen molar-refractivity contribution in [1.82, 2.24) is 15.0 Å². The molecular weight excluding hydrogens is 286 g/mol. The zero-order valence-electron chi connectivity index (χ0n) is 14.8. The SMILES string of the molecule is CC.Cc1cc(-n2nc3ccccc3n2)c(O)c(C(C)(C)C)c1. The highest BCUT2D eigenvalue weighted by atomic mass is 16.3. The number of hydrogen-bond donors (Lipinski definition) is 1. The van der Waals surface area contributed by atoms with Crippen molar-refractivity contribution < 1.29 is 5.11 Å². The van der Waals surface area contributed by atoms with Crippen molar-refractivity contribution in [3.05, 3.63) is 47.5 Å². The molecule has 0 fully saturated rings. The third-order valence-electron chi connectivity index (χ3n) is 3.54. The van der Waals surface area contributed by atoms with Gasteiger partial charge in [-0.3, -0.25) is 0 Å². The summed E-state index contributed by atoms with van der Waals surface area (Å²) >= 11 is 0. The van der Waals surface area contributed by atoms with Crippen LogP contribution in [-0.4, -0.2) is 20.1 Å². The molecule has 0 radical (unpaired) electrons. The molecular formula is C19H25N3O. The number of aromatic nitrogens is 3. The maximum absolute atomic E-state index is 10.6. The average Bonchev–Trinajstić information content (AvgIpc) is 2.94. The van der Waals surface area contributed by atoms with Crippen LogP contribution in [0, 0.1) is 6.92 Å². The molecule has 4 nitrogen and oxygen atoms in total. The van der Waals surface area contributed by atoms with E-state index in [1.165, 1.54) is 4.80 Å². The minimum Gasteiger partial charge on any atom is -0.505 e. The van der Waals surface area contributed by atoms with Crippen LogP contribution in [-0.2, 0) is 5.41 Å². The Bertz CT molecular complexity index is 780. The molecule has 0 aliphatic heterocycles. The van der Waals surface area contributed by atoms with Crippen LogP contribution in [0.25, 0.3) is 16.7 Å². The summed E-state index contributed by atoms with van der Waals surface area (Å²) in [6.07, 6.45) is 0. The van der Waals surface area contributed by atoms with Gasteiger partial charge in [0, 0.05) is 5.56 Å². The maximum atomic E-state index is 10.6. The second kappa shape index (κ2) is 6.41. The van der Waals surface area contributed by atoms with Crippen molar-refractivity contribution in [2.45, 2.75) is 47.0 Å². The summed E-state index contributed by atoms with van der Waals surface area (Å²) in [5.41, 5.74) is 4.09. The number of aromatic hydroxyl groups is 1. The van der Waals surface area contributed by atoms with Crippen molar-refractivity contribution in [3.63, 3.8) is 0 Å². The minimum atomic E-state index is -0.141. The third-order valence-corrected chi connectivity index (χ3v) is 3.54. The highest BCUT2D eigenvalue weighted by molar-refractivity contribution is 5.73. The number of phenolic OH excluding ortho intramolecular Hbond substituents is 1. The molecule has 0 aliphatic rings. The first kappa shape index (κ1) is 17.0. The van der Waals surface area contributed by atoms with E-state index < -0.39 is 0 Å². The van der Waals surface area contributed by atoms with Gasteiger partial charge in [-0.15, -0.1) is 15.0 Å². The molecule has 0 aliphatic carbocycles. The molecule has 3 aromatic rings. The van der Waals surface area contributed by atoms with E-state index in [0.29, 0.717) is 5.69 Å². The van der Waals surface area contributed by atoms with Gasteiger partial charge in [-0.25, -0.2) is 0 Å². The van der Waals surface area contributed by atoms with E-state index in [0.717, 1.165) is 22.2 Å². The smallest absolute Gasteiger partial charge is 0.146 e. The standard InChI is InChI=1S/C17H19N3O.C2H6/c1-11-9-12(17(2,3)4)16(21)15(10-11)20-18-13-7-5-6-8-14(13)19-20;1-2/h5-10,21H,1-4H3;1-2H3. The molecule has 3 rings (SSSR count). The molecule has 122 valence electrons. The maximum Gasteiger partial charge on any atom is 0.146 e. The average molecular weight is 311 g/mol. The van der Waals surface area contributed by atoms with Crippen LogP contribution in [0.15, 0.2) is 36.4 Å². The number of benzene rings is 2. The fourth-order valence-electron chi connectivity index (χ4n) is 2.45. The summed E-state index contributed by atoms with van der Waals surface area (Å²) in [7, 11) is 0. The predicted molar refractivity (Wildman–Crippen MR) is 95.3 cm³/mol. The van der Waals surface area contributed by atoms with E-state index in [4.69, 9.17) is 0 Å². The first-order valence-electron chi connectivity index (χ1n) is 8.03. The lowest BCUT2D eigenvalue weighted by atomic mass is 9.85. The van der Waals surface area contributed by atoms with Gasteiger partial charge in [0.15, 0.2) is 0 Å². The largest absolute Gasteiger partial charge is 0.505 e. The van der Waals surface area contributed by atoms with Crippen LogP contribution >= 0.6 is 0 Å². The van der Waals surface area contributed by atoms with Crippen molar-refractivity contribution in [3.8, 4) is 11.4 Å². The van der Waals surface area contributed by atoms with E-state index in [-0.39, 0.29) is 11.2 Å². The third kappa shape index (κ3) is 3.36. The molecule has 0 saturated carbocycles. The molecule has 0 saturated heterocycles. The summed E-state index contributed by atoms with van der Waals surface area (Å²) in [4.78, 5) is 1.52. The van der Waals surface area contributed by atoms with E-state index >= 15 is 0 Å². The highest BCUT2D eigenvalue weighted by Gasteiger charge is 2.22. The Balaban J connectivity index is 0.000000924. The molecule has 0 atom stereocenters. The molecule has 2 aromatic carbocycles. The molecule has 0 unspecified atom stereocenters. The number of nitrogens with zero attached hydrogens (tertiary/aromatic N) is 3. The van der Waals surface area contributed by atoms with Crippen molar-refractivity contribution in [1.29, 1.82) is 0 Å². The molecule has 23 heavy (non-hydrogen) atoms. The van der Waals surface area contributed by atoms with Crippen LogP contribution in [0.3, 0.4) is 0 Å². The summed E-state index contributed by atoms with van der Waals surface area (Å²) in [6, 6.07) is 11.6. The van der Waals surface area contributed by atoms with Gasteiger partial charge in [0.2, 0.25) is 0 Å². The Morgan fingerprint density at radius 2 is 1.48 bits per heavy atom. The lowest BCUT2D eigenvalue weighted by Crippen LogP contribution is -2.13. The predicted octanol–water partition coefficient (Wildman–Crippen LogP) is 4.76. The van der Waals surface area contributed by atoms with Gasteiger partial charge in [0.25, 0.3) is 0 Å². The summed E-state index contributed by atoms with van der Waals surface area (Å²) in [5, 5.41) is 19.5. The van der Waals surface area contributed by atoms with Crippen LogP contribution in [0.5, 0.6) is 5.75 Å². The molecule has 1 N–H and O–H groups in total. The van der Waals surface area contributed by atoms with Crippen LogP contribution in [0.4, 0.5) is 0 Å². The summed E-state index contributed by atoms with van der Waals surface area (Å²) in [5.74, 6) is 0.244. The number of fused-ring (bicyclic) bond motifs is 1. The van der Waals surface area contributed by atoms with Crippen molar-refractivity contribution in [2.75, 3.05) is 0 Å². The molecule has 0 bridgehead atoms. The van der Waals surface area contributed by atoms with Gasteiger partial charge in [0.1, 0.15) is 22.5 Å². The first-order chi connectivity index (χ1) is 10.9. The fourth-order valence-corrected chi connectivity index (χ4v) is 2.45. The van der Waals surface area contributed by atoms with Gasteiger partial charge >= 0.3 is 0 Å². The molecule has 4 heteroatoms. The van der Waals surface area contributed by atoms with Crippen molar-refractivity contribution >= 4 is 11.0 Å². The van der Waals surface area contributed by atoms with E-state index in [2.05, 4.69) is 31.0 Å². The Kier molecular flexibility index (Phi) is 4.73. The number of hydrogen-bond acceptors (Lipinski definition) is 3. The van der Waals surface area contributed by atoms with Gasteiger partial charge in [0.05, 0.1) is 0 Å². The lowest BCUT2D eigenvalue weighted by molar-refractivity contribution is 0.440. The van der Waals surface area contributed by atoms with Crippen molar-refractivity contribution in [2.24, 2.45) is 0 Å². The zero-order valence-corrected chi connectivity index (χ0v) is 14.8. The Hall–Kier alpha value is -2.36. The fraction of sp³-hybridized carbons (Fsp3) is 0.368. The number of phenols is 1. The van der Waals surface area contributed by atoms with Crippen LogP contribution in [0.1, 0.15) is 45.7 Å². The Labute approximate surface area is 137 Å². The topological polar surface area (TPSA) is 50.9 Å². The monoisotopic (exact) mass is 311 g/mol. The van der Waals surface area contributed by atoms with Gasteiger partial charge in [-0.2, -0.15) is 0 Å². The van der Waals surface area contributed by atoms with Crippen LogP contribution < -0.4 is 0 Å². The highest BCUT2D eigenvalue weighted by Crippen LogP contribution is 2.35. The zero-order chi connectivity index (χ0) is 17.2. The Morgan fingerprint density at radius 1 is 0.957 bits per heavy atom.